The van der Waals surface area contributed by atoms with Gasteiger partial charge in [0.2, 0.25) is 0 Å². The van der Waals surface area contributed by atoms with Crippen molar-refractivity contribution in [1.82, 2.24) is 10.3 Å². The first-order valence-electron chi connectivity index (χ1n) is 7.03. The summed E-state index contributed by atoms with van der Waals surface area (Å²) in [4.78, 5) is 4.66. The molecule has 0 aliphatic heterocycles. The van der Waals surface area contributed by atoms with Gasteiger partial charge in [0.05, 0.1) is 5.52 Å². The Balaban J connectivity index is 1.89. The van der Waals surface area contributed by atoms with Crippen molar-refractivity contribution in [3.05, 3.63) is 77.2 Å². The van der Waals surface area contributed by atoms with E-state index in [1.54, 1.807) is 0 Å². The van der Waals surface area contributed by atoms with Crippen molar-refractivity contribution >= 4 is 10.9 Å². The third-order valence-corrected chi connectivity index (χ3v) is 3.52. The van der Waals surface area contributed by atoms with Crippen molar-refractivity contribution in [1.29, 1.82) is 0 Å². The second-order valence-corrected chi connectivity index (χ2v) is 5.13. The van der Waals surface area contributed by atoms with Crippen LogP contribution in [-0.4, -0.2) is 12.0 Å². The molecule has 0 bridgehead atoms. The number of hydrogen-bond donors (Lipinski definition) is 1. The van der Waals surface area contributed by atoms with Crippen LogP contribution in [0.5, 0.6) is 0 Å². The van der Waals surface area contributed by atoms with Crippen LogP contribution in [0.25, 0.3) is 10.9 Å². The lowest BCUT2D eigenvalue weighted by Crippen LogP contribution is -2.07. The summed E-state index contributed by atoms with van der Waals surface area (Å²) in [6.45, 7) is 0.533. The molecule has 0 saturated carbocycles. The maximum atomic E-state index is 13.6. The molecule has 0 spiro atoms. The lowest BCUT2D eigenvalue weighted by molar-refractivity contribution is 0.600. The first-order valence-corrected chi connectivity index (χ1v) is 7.03. The summed E-state index contributed by atoms with van der Waals surface area (Å²) in [6, 6.07) is 17.4. The SMILES string of the molecule is CNCc1cc(Cc2ccc3ccccc3n2)ccc1F. The Morgan fingerprint density at radius 1 is 1.05 bits per heavy atom. The largest absolute Gasteiger partial charge is 0.316 e. The molecule has 106 valence electrons. The van der Waals surface area contributed by atoms with Crippen molar-refractivity contribution in [3.8, 4) is 0 Å². The minimum atomic E-state index is -0.167. The van der Waals surface area contributed by atoms with E-state index in [0.717, 1.165) is 22.2 Å². The summed E-state index contributed by atoms with van der Waals surface area (Å²) in [7, 11) is 1.82. The van der Waals surface area contributed by atoms with E-state index in [0.29, 0.717) is 18.5 Å². The van der Waals surface area contributed by atoms with Gasteiger partial charge in [-0.3, -0.25) is 4.98 Å². The van der Waals surface area contributed by atoms with Crippen molar-refractivity contribution in [3.63, 3.8) is 0 Å². The molecule has 0 radical (unpaired) electrons. The Bertz CT molecular complexity index is 768. The van der Waals surface area contributed by atoms with Gasteiger partial charge in [-0.1, -0.05) is 36.4 Å². The van der Waals surface area contributed by atoms with E-state index in [9.17, 15) is 4.39 Å². The second kappa shape index (κ2) is 6.02. The molecule has 0 unspecified atom stereocenters. The predicted molar refractivity (Wildman–Crippen MR) is 83.7 cm³/mol. The molecule has 21 heavy (non-hydrogen) atoms. The summed E-state index contributed by atoms with van der Waals surface area (Å²) >= 11 is 0. The van der Waals surface area contributed by atoms with Crippen LogP contribution in [0.15, 0.2) is 54.6 Å². The number of pyridine rings is 1. The Hall–Kier alpha value is -2.26. The Kier molecular flexibility index (Phi) is 3.93. The number of rotatable bonds is 4. The lowest BCUT2D eigenvalue weighted by Gasteiger charge is -2.07. The second-order valence-electron chi connectivity index (χ2n) is 5.13. The lowest BCUT2D eigenvalue weighted by atomic mass is 10.0. The molecule has 0 fully saturated rings. The first-order chi connectivity index (χ1) is 10.3. The smallest absolute Gasteiger partial charge is 0.127 e. The third-order valence-electron chi connectivity index (χ3n) is 3.52. The van der Waals surface area contributed by atoms with Crippen LogP contribution in [0, 0.1) is 5.82 Å². The highest BCUT2D eigenvalue weighted by Gasteiger charge is 2.05. The molecule has 1 heterocycles. The number of halogens is 1. The summed E-state index contributed by atoms with van der Waals surface area (Å²) in [5.74, 6) is -0.167. The molecular weight excluding hydrogens is 263 g/mol. The molecule has 0 atom stereocenters. The van der Waals surface area contributed by atoms with E-state index in [-0.39, 0.29) is 5.82 Å². The molecule has 0 saturated heterocycles. The molecule has 1 N–H and O–H groups in total. The van der Waals surface area contributed by atoms with Crippen LogP contribution in [0.4, 0.5) is 4.39 Å². The molecule has 0 amide bonds. The van der Waals surface area contributed by atoms with Gasteiger partial charge in [0.15, 0.2) is 0 Å². The highest BCUT2D eigenvalue weighted by Crippen LogP contribution is 2.16. The monoisotopic (exact) mass is 280 g/mol. The quantitative estimate of drug-likeness (QED) is 0.788. The van der Waals surface area contributed by atoms with Gasteiger partial charge in [-0.15, -0.1) is 0 Å². The molecule has 0 aliphatic carbocycles. The number of nitrogens with zero attached hydrogens (tertiary/aromatic N) is 1. The Morgan fingerprint density at radius 3 is 2.76 bits per heavy atom. The highest BCUT2D eigenvalue weighted by molar-refractivity contribution is 5.78. The molecule has 2 aromatic carbocycles. The molecule has 3 heteroatoms. The van der Waals surface area contributed by atoms with Crippen molar-refractivity contribution < 1.29 is 4.39 Å². The topological polar surface area (TPSA) is 24.9 Å². The van der Waals surface area contributed by atoms with Crippen LogP contribution < -0.4 is 5.32 Å². The number of aromatic nitrogens is 1. The summed E-state index contributed by atoms with van der Waals surface area (Å²) in [6.07, 6.45) is 0.710. The van der Waals surface area contributed by atoms with E-state index < -0.39 is 0 Å². The number of fused-ring (bicyclic) bond motifs is 1. The Morgan fingerprint density at radius 2 is 1.90 bits per heavy atom. The van der Waals surface area contributed by atoms with E-state index >= 15 is 0 Å². The molecular formula is C18H17FN2. The highest BCUT2D eigenvalue weighted by atomic mass is 19.1. The maximum absolute atomic E-state index is 13.6. The average molecular weight is 280 g/mol. The number of para-hydroxylation sites is 1. The zero-order chi connectivity index (χ0) is 14.7. The fourth-order valence-corrected chi connectivity index (χ4v) is 2.48. The molecule has 2 nitrogen and oxygen atoms in total. The first kappa shape index (κ1) is 13.7. The zero-order valence-corrected chi connectivity index (χ0v) is 11.9. The molecule has 3 aromatic rings. The summed E-state index contributed by atoms with van der Waals surface area (Å²) in [5.41, 5.74) is 3.75. The minimum absolute atomic E-state index is 0.167. The maximum Gasteiger partial charge on any atom is 0.127 e. The van der Waals surface area contributed by atoms with Gasteiger partial charge >= 0.3 is 0 Å². The summed E-state index contributed by atoms with van der Waals surface area (Å²) in [5, 5.41) is 4.12. The van der Waals surface area contributed by atoms with E-state index in [4.69, 9.17) is 0 Å². The van der Waals surface area contributed by atoms with E-state index in [1.165, 1.54) is 6.07 Å². The standard InChI is InChI=1S/C18H17FN2/c1-20-12-15-10-13(6-9-17(15)19)11-16-8-7-14-4-2-3-5-18(14)21-16/h2-10,20H,11-12H2,1H3. The average Bonchev–Trinajstić information content (AvgIpc) is 2.51. The third kappa shape index (κ3) is 3.09. The zero-order valence-electron chi connectivity index (χ0n) is 11.9. The normalized spacial score (nSPS) is 11.0. The van der Waals surface area contributed by atoms with E-state index in [2.05, 4.69) is 22.4 Å². The van der Waals surface area contributed by atoms with Gasteiger partial charge in [-0.05, 0) is 30.8 Å². The van der Waals surface area contributed by atoms with Crippen molar-refractivity contribution in [2.75, 3.05) is 7.05 Å². The van der Waals surface area contributed by atoms with Crippen LogP contribution in [0.2, 0.25) is 0 Å². The van der Waals surface area contributed by atoms with Gasteiger partial charge in [-0.2, -0.15) is 0 Å². The number of nitrogens with one attached hydrogen (secondary N) is 1. The van der Waals surface area contributed by atoms with Gasteiger partial charge in [0.1, 0.15) is 5.82 Å². The van der Waals surface area contributed by atoms with Gasteiger partial charge < -0.3 is 5.32 Å². The summed E-state index contributed by atoms with van der Waals surface area (Å²) < 4.78 is 13.6. The van der Waals surface area contributed by atoms with Crippen LogP contribution >= 0.6 is 0 Å². The fraction of sp³-hybridized carbons (Fsp3) is 0.167. The van der Waals surface area contributed by atoms with Crippen molar-refractivity contribution in [2.45, 2.75) is 13.0 Å². The molecule has 1 aromatic heterocycles. The Labute approximate surface area is 123 Å². The minimum Gasteiger partial charge on any atom is -0.316 e. The van der Waals surface area contributed by atoms with Gasteiger partial charge in [0.25, 0.3) is 0 Å². The van der Waals surface area contributed by atoms with Crippen LogP contribution in [0.3, 0.4) is 0 Å². The van der Waals surface area contributed by atoms with Gasteiger partial charge in [0, 0.05) is 29.6 Å². The van der Waals surface area contributed by atoms with Crippen LogP contribution in [0.1, 0.15) is 16.8 Å². The molecule has 0 aliphatic rings. The van der Waals surface area contributed by atoms with Crippen molar-refractivity contribution in [2.24, 2.45) is 0 Å². The fourth-order valence-electron chi connectivity index (χ4n) is 2.48. The van der Waals surface area contributed by atoms with E-state index in [1.807, 2.05) is 43.4 Å². The number of hydrogen-bond acceptors (Lipinski definition) is 2. The predicted octanol–water partition coefficient (Wildman–Crippen LogP) is 3.68. The van der Waals surface area contributed by atoms with Gasteiger partial charge in [-0.25, -0.2) is 4.39 Å². The van der Waals surface area contributed by atoms with Crippen LogP contribution in [-0.2, 0) is 13.0 Å². The molecule has 3 rings (SSSR count). The number of benzene rings is 2.